The number of hydrogen-bond acceptors (Lipinski definition) is 5. The highest BCUT2D eigenvalue weighted by atomic mass is 79.9. The lowest BCUT2D eigenvalue weighted by atomic mass is 10.3. The van der Waals surface area contributed by atoms with Gasteiger partial charge in [0.2, 0.25) is 0 Å². The molecule has 1 heterocycles. The van der Waals surface area contributed by atoms with E-state index in [1.54, 1.807) is 0 Å². The third kappa shape index (κ3) is 3.98. The van der Waals surface area contributed by atoms with Gasteiger partial charge in [-0.15, -0.1) is 13.2 Å². The second-order valence-electron chi connectivity index (χ2n) is 3.49. The fraction of sp³-hybridized carbons (Fsp3) is 0.0909. The van der Waals surface area contributed by atoms with Crippen molar-refractivity contribution in [1.29, 1.82) is 0 Å². The molecule has 0 fully saturated rings. The van der Waals surface area contributed by atoms with Gasteiger partial charge in [-0.1, -0.05) is 12.1 Å². The standard InChI is InChI=1S/C11H7BrF3N3O2/c12-8-5-9(16)18-10(17-8)19-6-3-1-2-4-7(6)20-11(13,14)15/h1-5H,(H2,16,17,18). The van der Waals surface area contributed by atoms with Crippen molar-refractivity contribution in [2.24, 2.45) is 0 Å². The number of rotatable bonds is 3. The first kappa shape index (κ1) is 14.4. The van der Waals surface area contributed by atoms with Gasteiger partial charge in [0, 0.05) is 6.07 Å². The molecule has 0 bridgehead atoms. The number of alkyl halides is 3. The van der Waals surface area contributed by atoms with Crippen LogP contribution in [0.4, 0.5) is 19.0 Å². The Bertz CT molecular complexity index is 602. The van der Waals surface area contributed by atoms with E-state index < -0.39 is 12.1 Å². The highest BCUT2D eigenvalue weighted by Gasteiger charge is 2.32. The third-order valence-electron chi connectivity index (χ3n) is 1.97. The molecule has 1 aromatic carbocycles. The summed E-state index contributed by atoms with van der Waals surface area (Å²) in [7, 11) is 0. The Labute approximate surface area is 119 Å². The summed E-state index contributed by atoms with van der Waals surface area (Å²) in [5.41, 5.74) is 5.48. The maximum Gasteiger partial charge on any atom is 0.573 e. The first-order chi connectivity index (χ1) is 9.33. The van der Waals surface area contributed by atoms with Gasteiger partial charge in [-0.05, 0) is 28.1 Å². The quantitative estimate of drug-likeness (QED) is 0.858. The second kappa shape index (κ2) is 5.53. The Kier molecular flexibility index (Phi) is 3.98. The molecule has 0 aliphatic rings. The van der Waals surface area contributed by atoms with E-state index in [0.29, 0.717) is 4.60 Å². The molecule has 0 amide bonds. The normalized spacial score (nSPS) is 11.2. The lowest BCUT2D eigenvalue weighted by molar-refractivity contribution is -0.275. The van der Waals surface area contributed by atoms with E-state index in [0.717, 1.165) is 6.07 Å². The SMILES string of the molecule is Nc1cc(Br)nc(Oc2ccccc2OC(F)(F)F)n1. The third-order valence-corrected chi connectivity index (χ3v) is 2.38. The van der Waals surface area contributed by atoms with E-state index in [1.165, 1.54) is 24.3 Å². The molecule has 1 aromatic heterocycles. The van der Waals surface area contributed by atoms with Crippen LogP contribution in [0.1, 0.15) is 0 Å². The minimum atomic E-state index is -4.82. The number of nitrogens with zero attached hydrogens (tertiary/aromatic N) is 2. The number of nitrogens with two attached hydrogens (primary N) is 1. The predicted molar refractivity (Wildman–Crippen MR) is 67.3 cm³/mol. The van der Waals surface area contributed by atoms with Crippen molar-refractivity contribution >= 4 is 21.7 Å². The fourth-order valence-electron chi connectivity index (χ4n) is 1.30. The van der Waals surface area contributed by atoms with Gasteiger partial charge in [0.05, 0.1) is 0 Å². The van der Waals surface area contributed by atoms with Crippen molar-refractivity contribution in [1.82, 2.24) is 9.97 Å². The summed E-state index contributed by atoms with van der Waals surface area (Å²) in [6, 6.07) is 6.50. The van der Waals surface area contributed by atoms with Crippen molar-refractivity contribution in [2.75, 3.05) is 5.73 Å². The Morgan fingerprint density at radius 3 is 2.35 bits per heavy atom. The summed E-state index contributed by atoms with van der Waals surface area (Å²) in [5, 5.41) is 0. The Hall–Kier alpha value is -2.03. The Morgan fingerprint density at radius 1 is 1.10 bits per heavy atom. The molecule has 2 N–H and O–H groups in total. The van der Waals surface area contributed by atoms with Gasteiger partial charge >= 0.3 is 12.4 Å². The van der Waals surface area contributed by atoms with Crippen LogP contribution in [0.25, 0.3) is 0 Å². The number of ether oxygens (including phenoxy) is 2. The molecular weight excluding hydrogens is 343 g/mol. The van der Waals surface area contributed by atoms with Crippen LogP contribution < -0.4 is 15.2 Å². The first-order valence-electron chi connectivity index (χ1n) is 5.16. The van der Waals surface area contributed by atoms with Gasteiger partial charge in [0.25, 0.3) is 0 Å². The average molecular weight is 350 g/mol. The first-order valence-corrected chi connectivity index (χ1v) is 5.95. The van der Waals surface area contributed by atoms with Crippen LogP contribution in [-0.4, -0.2) is 16.3 Å². The average Bonchev–Trinajstić information content (AvgIpc) is 2.28. The van der Waals surface area contributed by atoms with Crippen molar-refractivity contribution in [3.8, 4) is 17.5 Å². The molecule has 0 spiro atoms. The van der Waals surface area contributed by atoms with Crippen LogP contribution in [0, 0.1) is 0 Å². The highest BCUT2D eigenvalue weighted by Crippen LogP contribution is 2.34. The van der Waals surface area contributed by atoms with Gasteiger partial charge in [-0.2, -0.15) is 9.97 Å². The molecule has 0 aliphatic heterocycles. The van der Waals surface area contributed by atoms with Crippen LogP contribution in [0.2, 0.25) is 0 Å². The number of anilines is 1. The van der Waals surface area contributed by atoms with E-state index in [9.17, 15) is 13.2 Å². The number of benzene rings is 1. The lowest BCUT2D eigenvalue weighted by Crippen LogP contribution is -2.17. The molecule has 0 atom stereocenters. The molecule has 0 saturated carbocycles. The zero-order valence-electron chi connectivity index (χ0n) is 9.69. The van der Waals surface area contributed by atoms with Crippen molar-refractivity contribution in [2.45, 2.75) is 6.36 Å². The molecule has 0 unspecified atom stereocenters. The van der Waals surface area contributed by atoms with Crippen LogP contribution in [-0.2, 0) is 0 Å². The maximum atomic E-state index is 12.3. The molecule has 0 saturated heterocycles. The summed E-state index contributed by atoms with van der Waals surface area (Å²) < 4.78 is 46.1. The minimum absolute atomic E-state index is 0.107. The Morgan fingerprint density at radius 2 is 1.75 bits per heavy atom. The van der Waals surface area contributed by atoms with Gasteiger partial charge in [-0.3, -0.25) is 0 Å². The van der Waals surface area contributed by atoms with Gasteiger partial charge < -0.3 is 15.2 Å². The zero-order valence-corrected chi connectivity index (χ0v) is 11.3. The zero-order chi connectivity index (χ0) is 14.8. The monoisotopic (exact) mass is 349 g/mol. The minimum Gasteiger partial charge on any atom is -0.420 e. The number of aromatic nitrogens is 2. The van der Waals surface area contributed by atoms with Crippen LogP contribution in [0.15, 0.2) is 34.9 Å². The van der Waals surface area contributed by atoms with Crippen LogP contribution >= 0.6 is 15.9 Å². The van der Waals surface area contributed by atoms with E-state index in [2.05, 4.69) is 30.6 Å². The molecule has 2 rings (SSSR count). The topological polar surface area (TPSA) is 70.3 Å². The summed E-state index contributed by atoms with van der Waals surface area (Å²) in [6.45, 7) is 0. The second-order valence-corrected chi connectivity index (χ2v) is 4.31. The smallest absolute Gasteiger partial charge is 0.420 e. The predicted octanol–water partition coefficient (Wildman–Crippen LogP) is 3.51. The number of nitrogen functional groups attached to an aromatic ring is 1. The lowest BCUT2D eigenvalue weighted by Gasteiger charge is -2.12. The summed E-state index contributed by atoms with van der Waals surface area (Å²) in [5.74, 6) is -0.569. The molecule has 0 aliphatic carbocycles. The molecule has 0 radical (unpaired) electrons. The van der Waals surface area contributed by atoms with Gasteiger partial charge in [0.1, 0.15) is 10.4 Å². The highest BCUT2D eigenvalue weighted by molar-refractivity contribution is 9.10. The van der Waals surface area contributed by atoms with E-state index in [4.69, 9.17) is 10.5 Å². The fourth-order valence-corrected chi connectivity index (χ4v) is 1.69. The largest absolute Gasteiger partial charge is 0.573 e. The van der Waals surface area contributed by atoms with Crippen LogP contribution in [0.5, 0.6) is 17.5 Å². The Balaban J connectivity index is 2.29. The van der Waals surface area contributed by atoms with Crippen molar-refractivity contribution in [3.63, 3.8) is 0 Å². The number of hydrogen-bond donors (Lipinski definition) is 1. The van der Waals surface area contributed by atoms with E-state index in [-0.39, 0.29) is 17.6 Å². The summed E-state index contributed by atoms with van der Waals surface area (Å²) >= 11 is 3.07. The molecule has 9 heteroatoms. The number of halogens is 4. The molecule has 20 heavy (non-hydrogen) atoms. The summed E-state index contributed by atoms with van der Waals surface area (Å²) in [4.78, 5) is 7.58. The molecular formula is C11H7BrF3N3O2. The van der Waals surface area contributed by atoms with Crippen LogP contribution in [0.3, 0.4) is 0 Å². The maximum absolute atomic E-state index is 12.3. The molecule has 2 aromatic rings. The van der Waals surface area contributed by atoms with E-state index >= 15 is 0 Å². The summed E-state index contributed by atoms with van der Waals surface area (Å²) in [6.07, 6.45) is -4.82. The number of para-hydroxylation sites is 2. The van der Waals surface area contributed by atoms with Gasteiger partial charge in [0.15, 0.2) is 11.5 Å². The van der Waals surface area contributed by atoms with Crippen molar-refractivity contribution in [3.05, 3.63) is 34.9 Å². The van der Waals surface area contributed by atoms with Gasteiger partial charge in [-0.25, -0.2) is 0 Å². The molecule has 106 valence electrons. The van der Waals surface area contributed by atoms with E-state index in [1.807, 2.05) is 0 Å². The van der Waals surface area contributed by atoms with Crippen molar-refractivity contribution < 1.29 is 22.6 Å². The molecule has 5 nitrogen and oxygen atoms in total.